The van der Waals surface area contributed by atoms with Crippen molar-refractivity contribution in [2.24, 2.45) is 5.41 Å². The molecule has 5 heteroatoms. The maximum absolute atomic E-state index is 6.29. The first kappa shape index (κ1) is 17.5. The molecule has 0 saturated carbocycles. The van der Waals surface area contributed by atoms with Crippen LogP contribution >= 0.6 is 23.2 Å². The first-order chi connectivity index (χ1) is 11.4. The zero-order chi connectivity index (χ0) is 17.3. The van der Waals surface area contributed by atoms with E-state index < -0.39 is 0 Å². The number of hydrogen-bond donors (Lipinski definition) is 0. The lowest BCUT2D eigenvalue weighted by Crippen LogP contribution is -2.37. The van der Waals surface area contributed by atoms with E-state index in [0.29, 0.717) is 21.9 Å². The molecule has 128 valence electrons. The first-order valence-electron chi connectivity index (χ1n) is 8.36. The smallest absolute Gasteiger partial charge is 0.147 e. The number of aryl methyl sites for hydroxylation is 1. The van der Waals surface area contributed by atoms with Gasteiger partial charge >= 0.3 is 0 Å². The molecular weight excluding hydrogens is 341 g/mol. The van der Waals surface area contributed by atoms with Crippen LogP contribution in [0.3, 0.4) is 0 Å². The lowest BCUT2D eigenvalue weighted by Gasteiger charge is -2.37. The van der Waals surface area contributed by atoms with Crippen LogP contribution in [0.5, 0.6) is 0 Å². The summed E-state index contributed by atoms with van der Waals surface area (Å²) in [6.07, 6.45) is 4.91. The molecule has 2 aromatic rings. The second-order valence-corrected chi connectivity index (χ2v) is 8.09. The van der Waals surface area contributed by atoms with Gasteiger partial charge in [0.15, 0.2) is 0 Å². The van der Waals surface area contributed by atoms with Crippen molar-refractivity contribution in [3.63, 3.8) is 0 Å². The Morgan fingerprint density at radius 2 is 1.88 bits per heavy atom. The summed E-state index contributed by atoms with van der Waals surface area (Å²) >= 11 is 12.4. The summed E-state index contributed by atoms with van der Waals surface area (Å²) < 4.78 is 0. The van der Waals surface area contributed by atoms with Gasteiger partial charge in [-0.05, 0) is 36.8 Å². The van der Waals surface area contributed by atoms with Crippen LogP contribution in [0, 0.1) is 12.3 Å². The number of hydrogen-bond acceptors (Lipinski definition) is 3. The van der Waals surface area contributed by atoms with Crippen molar-refractivity contribution in [2.45, 2.75) is 40.0 Å². The Labute approximate surface area is 154 Å². The summed E-state index contributed by atoms with van der Waals surface area (Å²) in [6, 6.07) is 5.69. The molecule has 24 heavy (non-hydrogen) atoms. The number of nitrogens with zero attached hydrogens (tertiary/aromatic N) is 3. The largest absolute Gasteiger partial charge is 0.355 e. The summed E-state index contributed by atoms with van der Waals surface area (Å²) in [5.74, 6) is 0.976. The van der Waals surface area contributed by atoms with Gasteiger partial charge in [-0.2, -0.15) is 0 Å². The van der Waals surface area contributed by atoms with E-state index in [1.807, 2.05) is 25.3 Å². The molecule has 1 saturated heterocycles. The molecule has 0 spiro atoms. The van der Waals surface area contributed by atoms with Crippen molar-refractivity contribution in [2.75, 3.05) is 18.0 Å². The van der Waals surface area contributed by atoms with E-state index >= 15 is 0 Å². The molecule has 0 atom stereocenters. The van der Waals surface area contributed by atoms with Crippen molar-refractivity contribution >= 4 is 29.0 Å². The minimum Gasteiger partial charge on any atom is -0.355 e. The van der Waals surface area contributed by atoms with Crippen LogP contribution in [0.15, 0.2) is 24.4 Å². The predicted octanol–water partition coefficient (Wildman–Crippen LogP) is 5.31. The molecule has 3 rings (SSSR count). The van der Waals surface area contributed by atoms with Crippen LogP contribution in [-0.2, 0) is 6.42 Å². The van der Waals surface area contributed by atoms with Crippen molar-refractivity contribution in [1.82, 2.24) is 9.97 Å². The molecule has 1 aromatic carbocycles. The number of anilines is 1. The molecule has 0 amide bonds. The fraction of sp³-hybridized carbons (Fsp3) is 0.474. The molecule has 0 unspecified atom stereocenters. The standard InChI is InChI=1S/C19H23Cl2N3/c1-13-16(11-14-5-4-6-15(20)18(14)21)22-12-17(23-13)24-9-7-19(2,3)8-10-24/h4-6,12H,7-11H2,1-3H3. The zero-order valence-electron chi connectivity index (χ0n) is 14.4. The molecule has 1 aliphatic heterocycles. The van der Waals surface area contributed by atoms with Gasteiger partial charge in [0.1, 0.15) is 5.82 Å². The van der Waals surface area contributed by atoms with Gasteiger partial charge in [0, 0.05) is 19.5 Å². The predicted molar refractivity (Wildman–Crippen MR) is 101 cm³/mol. The first-order valence-corrected chi connectivity index (χ1v) is 9.12. The third-order valence-electron chi connectivity index (χ3n) is 4.87. The van der Waals surface area contributed by atoms with E-state index in [2.05, 4.69) is 23.7 Å². The van der Waals surface area contributed by atoms with Gasteiger partial charge in [-0.25, -0.2) is 4.98 Å². The summed E-state index contributed by atoms with van der Waals surface area (Å²) in [6.45, 7) is 8.76. The third kappa shape index (κ3) is 3.84. The molecular formula is C19H23Cl2N3. The molecule has 0 aliphatic carbocycles. The molecule has 0 N–H and O–H groups in total. The molecule has 0 bridgehead atoms. The fourth-order valence-electron chi connectivity index (χ4n) is 3.03. The summed E-state index contributed by atoms with van der Waals surface area (Å²) in [7, 11) is 0. The zero-order valence-corrected chi connectivity index (χ0v) is 16.0. The van der Waals surface area contributed by atoms with Gasteiger partial charge in [0.2, 0.25) is 0 Å². The fourth-order valence-corrected chi connectivity index (χ4v) is 3.41. The minimum absolute atomic E-state index is 0.433. The van der Waals surface area contributed by atoms with Gasteiger partial charge in [0.25, 0.3) is 0 Å². The lowest BCUT2D eigenvalue weighted by atomic mass is 9.83. The quantitative estimate of drug-likeness (QED) is 0.739. The maximum atomic E-state index is 6.29. The number of piperidine rings is 1. The van der Waals surface area contributed by atoms with Crippen LogP contribution < -0.4 is 4.90 Å². The topological polar surface area (TPSA) is 29.0 Å². The van der Waals surface area contributed by atoms with Gasteiger partial charge in [-0.1, -0.05) is 49.2 Å². The summed E-state index contributed by atoms with van der Waals surface area (Å²) in [4.78, 5) is 11.8. The van der Waals surface area contributed by atoms with Crippen LogP contribution in [0.2, 0.25) is 10.0 Å². The van der Waals surface area contributed by atoms with Crippen molar-refractivity contribution in [3.05, 3.63) is 51.4 Å². The van der Waals surface area contributed by atoms with Gasteiger partial charge in [0.05, 0.1) is 27.6 Å². The van der Waals surface area contributed by atoms with Gasteiger partial charge in [-0.3, -0.25) is 4.98 Å². The Bertz CT molecular complexity index is 733. The Balaban J connectivity index is 1.77. The van der Waals surface area contributed by atoms with Gasteiger partial charge in [-0.15, -0.1) is 0 Å². The average molecular weight is 364 g/mol. The van der Waals surface area contributed by atoms with Gasteiger partial charge < -0.3 is 4.90 Å². The Morgan fingerprint density at radius 3 is 2.54 bits per heavy atom. The summed E-state index contributed by atoms with van der Waals surface area (Å²) in [5, 5.41) is 1.18. The summed E-state index contributed by atoms with van der Waals surface area (Å²) in [5.41, 5.74) is 3.31. The highest BCUT2D eigenvalue weighted by Crippen LogP contribution is 2.32. The number of benzene rings is 1. The van der Waals surface area contributed by atoms with Crippen LogP contribution in [0.25, 0.3) is 0 Å². The Morgan fingerprint density at radius 1 is 1.17 bits per heavy atom. The van der Waals surface area contributed by atoms with E-state index in [4.69, 9.17) is 28.2 Å². The second kappa shape index (κ2) is 6.89. The van der Waals surface area contributed by atoms with E-state index in [1.165, 1.54) is 12.8 Å². The van der Waals surface area contributed by atoms with E-state index in [-0.39, 0.29) is 0 Å². The van der Waals surface area contributed by atoms with Crippen LogP contribution in [0.4, 0.5) is 5.82 Å². The Kier molecular flexibility index (Phi) is 5.03. The minimum atomic E-state index is 0.433. The van der Waals surface area contributed by atoms with Crippen LogP contribution in [-0.4, -0.2) is 23.1 Å². The molecule has 0 radical (unpaired) electrons. The molecule has 1 aliphatic rings. The monoisotopic (exact) mass is 363 g/mol. The van der Waals surface area contributed by atoms with E-state index in [0.717, 1.165) is 35.9 Å². The molecule has 3 nitrogen and oxygen atoms in total. The van der Waals surface area contributed by atoms with E-state index in [9.17, 15) is 0 Å². The number of aromatic nitrogens is 2. The maximum Gasteiger partial charge on any atom is 0.147 e. The van der Waals surface area contributed by atoms with Crippen molar-refractivity contribution in [3.8, 4) is 0 Å². The SMILES string of the molecule is Cc1nc(N2CCC(C)(C)CC2)cnc1Cc1cccc(Cl)c1Cl. The Hall–Kier alpha value is -1.32. The lowest BCUT2D eigenvalue weighted by molar-refractivity contribution is 0.279. The highest BCUT2D eigenvalue weighted by atomic mass is 35.5. The normalized spacial score (nSPS) is 17.1. The number of rotatable bonds is 3. The number of halogens is 2. The van der Waals surface area contributed by atoms with Crippen molar-refractivity contribution < 1.29 is 0 Å². The average Bonchev–Trinajstić information content (AvgIpc) is 2.53. The highest BCUT2D eigenvalue weighted by molar-refractivity contribution is 6.42. The van der Waals surface area contributed by atoms with E-state index in [1.54, 1.807) is 6.07 Å². The molecule has 2 heterocycles. The molecule has 1 fully saturated rings. The third-order valence-corrected chi connectivity index (χ3v) is 5.72. The van der Waals surface area contributed by atoms with Crippen molar-refractivity contribution in [1.29, 1.82) is 0 Å². The second-order valence-electron chi connectivity index (χ2n) is 7.30. The molecule has 1 aromatic heterocycles. The highest BCUT2D eigenvalue weighted by Gasteiger charge is 2.26. The van der Waals surface area contributed by atoms with Crippen LogP contribution in [0.1, 0.15) is 43.6 Å².